The van der Waals surface area contributed by atoms with Gasteiger partial charge >= 0.3 is 0 Å². The van der Waals surface area contributed by atoms with Crippen molar-refractivity contribution < 1.29 is 17.9 Å². The van der Waals surface area contributed by atoms with Crippen LogP contribution < -0.4 is 4.74 Å². The summed E-state index contributed by atoms with van der Waals surface area (Å²) >= 11 is 12.3. The zero-order chi connectivity index (χ0) is 26.5. The first-order valence-electron chi connectivity index (χ1n) is 12.1. The summed E-state index contributed by atoms with van der Waals surface area (Å²) in [7, 11) is -2.14. The first-order valence-corrected chi connectivity index (χ1v) is 14.3. The Morgan fingerprint density at radius 2 is 1.70 bits per heavy atom. The van der Waals surface area contributed by atoms with E-state index in [4.69, 9.17) is 27.9 Å². The number of piperidine rings is 1. The standard InChI is InChI=1S/C28H30Cl2N2O4S/c1-31(19-22-9-4-2-5-10-22)27(33)18-28(21-36-24-11-6-3-7-12-24)15-8-16-32(20-28)37(34,35)26-14-13-23(29)17-25(26)30/h2-7,9-14,17H,8,15-16,18-21H2,1H3/t28-/m0/s1. The first kappa shape index (κ1) is 27.5. The molecule has 0 aliphatic carbocycles. The number of halogens is 2. The van der Waals surface area contributed by atoms with E-state index in [-0.39, 0.29) is 35.4 Å². The topological polar surface area (TPSA) is 66.9 Å². The highest BCUT2D eigenvalue weighted by Gasteiger charge is 2.43. The third-order valence-corrected chi connectivity index (χ3v) is 9.20. The Morgan fingerprint density at radius 1 is 1.03 bits per heavy atom. The van der Waals surface area contributed by atoms with E-state index in [0.717, 1.165) is 5.56 Å². The number of nitrogens with zero attached hydrogens (tertiary/aromatic N) is 2. The van der Waals surface area contributed by atoms with Crippen LogP contribution in [0.15, 0.2) is 83.8 Å². The molecule has 1 atom stereocenters. The SMILES string of the molecule is CN(Cc1ccccc1)C(=O)C[C@@]1(COc2ccccc2)CCCN(S(=O)(=O)c2ccc(Cl)cc2Cl)C1. The molecule has 0 unspecified atom stereocenters. The highest BCUT2D eigenvalue weighted by Crippen LogP contribution is 2.38. The third-order valence-electron chi connectivity index (χ3n) is 6.64. The number of carbonyl (C=O) groups excluding carboxylic acids is 1. The maximum absolute atomic E-state index is 13.6. The molecule has 0 aromatic heterocycles. The second-order valence-electron chi connectivity index (χ2n) is 9.53. The molecule has 3 aromatic rings. The van der Waals surface area contributed by atoms with Gasteiger partial charge in [0.05, 0.1) is 11.6 Å². The summed E-state index contributed by atoms with van der Waals surface area (Å²) in [6, 6.07) is 23.5. The minimum Gasteiger partial charge on any atom is -0.493 e. The summed E-state index contributed by atoms with van der Waals surface area (Å²) in [5.41, 5.74) is 0.320. The highest BCUT2D eigenvalue weighted by molar-refractivity contribution is 7.89. The molecule has 9 heteroatoms. The number of benzene rings is 3. The van der Waals surface area contributed by atoms with Crippen LogP contribution in [0.5, 0.6) is 5.75 Å². The van der Waals surface area contributed by atoms with E-state index in [1.54, 1.807) is 11.9 Å². The Hall–Kier alpha value is -2.58. The van der Waals surface area contributed by atoms with Crippen molar-refractivity contribution in [3.63, 3.8) is 0 Å². The zero-order valence-corrected chi connectivity index (χ0v) is 23.0. The smallest absolute Gasteiger partial charge is 0.244 e. The number of hydrogen-bond acceptors (Lipinski definition) is 4. The Morgan fingerprint density at radius 3 is 2.38 bits per heavy atom. The Labute approximate surface area is 228 Å². The number of carbonyl (C=O) groups is 1. The van der Waals surface area contributed by atoms with Crippen LogP contribution in [0.3, 0.4) is 0 Å². The summed E-state index contributed by atoms with van der Waals surface area (Å²) in [5, 5.41) is 0.433. The van der Waals surface area contributed by atoms with Crippen molar-refractivity contribution in [2.75, 3.05) is 26.7 Å². The number of para-hydroxylation sites is 1. The molecule has 0 radical (unpaired) electrons. The van der Waals surface area contributed by atoms with Crippen molar-refractivity contribution in [2.24, 2.45) is 5.41 Å². The fourth-order valence-electron chi connectivity index (χ4n) is 4.66. The number of sulfonamides is 1. The molecule has 37 heavy (non-hydrogen) atoms. The van der Waals surface area contributed by atoms with Crippen LogP contribution in [-0.2, 0) is 21.4 Å². The largest absolute Gasteiger partial charge is 0.493 e. The maximum Gasteiger partial charge on any atom is 0.244 e. The molecule has 1 saturated heterocycles. The summed E-state index contributed by atoms with van der Waals surface area (Å²) in [6.07, 6.45) is 1.41. The van der Waals surface area contributed by atoms with Crippen LogP contribution >= 0.6 is 23.2 Å². The van der Waals surface area contributed by atoms with Crippen molar-refractivity contribution in [1.29, 1.82) is 0 Å². The van der Waals surface area contributed by atoms with Gasteiger partial charge in [0, 0.05) is 43.5 Å². The molecule has 6 nitrogen and oxygen atoms in total. The zero-order valence-electron chi connectivity index (χ0n) is 20.6. The molecule has 1 fully saturated rings. The predicted molar refractivity (Wildman–Crippen MR) is 146 cm³/mol. The minimum atomic E-state index is -3.91. The van der Waals surface area contributed by atoms with E-state index in [0.29, 0.717) is 36.7 Å². The summed E-state index contributed by atoms with van der Waals surface area (Å²) in [5.74, 6) is 0.608. The van der Waals surface area contributed by atoms with Gasteiger partial charge in [-0.2, -0.15) is 4.31 Å². The Bertz CT molecular complexity index is 1320. The van der Waals surface area contributed by atoms with Gasteiger partial charge < -0.3 is 9.64 Å². The number of rotatable bonds is 9. The molecule has 0 saturated carbocycles. The monoisotopic (exact) mass is 560 g/mol. The van der Waals surface area contributed by atoms with Crippen molar-refractivity contribution in [3.05, 3.63) is 94.5 Å². The van der Waals surface area contributed by atoms with Crippen molar-refractivity contribution in [1.82, 2.24) is 9.21 Å². The lowest BCUT2D eigenvalue weighted by Crippen LogP contribution is -2.50. The van der Waals surface area contributed by atoms with Crippen LogP contribution in [0.25, 0.3) is 0 Å². The lowest BCUT2D eigenvalue weighted by molar-refractivity contribution is -0.134. The summed E-state index contributed by atoms with van der Waals surface area (Å²) in [4.78, 5) is 15.1. The molecule has 0 spiro atoms. The van der Waals surface area contributed by atoms with Crippen LogP contribution in [-0.4, -0.2) is 50.3 Å². The molecule has 196 valence electrons. The molecule has 1 amide bonds. The van der Waals surface area contributed by atoms with Gasteiger partial charge in [-0.05, 0) is 48.7 Å². The van der Waals surface area contributed by atoms with Gasteiger partial charge in [0.25, 0.3) is 0 Å². The number of ether oxygens (including phenoxy) is 1. The van der Waals surface area contributed by atoms with Crippen molar-refractivity contribution in [2.45, 2.75) is 30.7 Å². The van der Waals surface area contributed by atoms with Gasteiger partial charge in [-0.1, -0.05) is 71.7 Å². The molecule has 0 bridgehead atoms. The average molecular weight is 562 g/mol. The fourth-order valence-corrected chi connectivity index (χ4v) is 7.00. The Balaban J connectivity index is 1.58. The van der Waals surface area contributed by atoms with Gasteiger partial charge in [0.2, 0.25) is 15.9 Å². The molecule has 1 heterocycles. The van der Waals surface area contributed by atoms with Gasteiger partial charge in [0.1, 0.15) is 10.6 Å². The highest BCUT2D eigenvalue weighted by atomic mass is 35.5. The van der Waals surface area contributed by atoms with E-state index >= 15 is 0 Å². The summed E-state index contributed by atoms with van der Waals surface area (Å²) in [6.45, 7) is 1.16. The lowest BCUT2D eigenvalue weighted by Gasteiger charge is -2.42. The van der Waals surface area contributed by atoms with Crippen molar-refractivity contribution >= 4 is 39.1 Å². The fraction of sp³-hybridized carbons (Fsp3) is 0.321. The average Bonchev–Trinajstić information content (AvgIpc) is 2.88. The van der Waals surface area contributed by atoms with Crippen LogP contribution in [0.1, 0.15) is 24.8 Å². The predicted octanol–water partition coefficient (Wildman–Crippen LogP) is 5.89. The second kappa shape index (κ2) is 11.9. The van der Waals surface area contributed by atoms with Gasteiger partial charge in [0.15, 0.2) is 0 Å². The molecular weight excluding hydrogens is 531 g/mol. The van der Waals surface area contributed by atoms with Crippen LogP contribution in [0, 0.1) is 5.41 Å². The van der Waals surface area contributed by atoms with E-state index in [9.17, 15) is 13.2 Å². The molecule has 0 N–H and O–H groups in total. The molecule has 3 aromatic carbocycles. The molecule has 1 aliphatic heterocycles. The quantitative estimate of drug-likeness (QED) is 0.327. The van der Waals surface area contributed by atoms with E-state index in [1.807, 2.05) is 60.7 Å². The molecule has 4 rings (SSSR count). The third kappa shape index (κ3) is 6.85. The molecule has 1 aliphatic rings. The number of amides is 1. The normalized spacial score (nSPS) is 18.4. The minimum absolute atomic E-state index is 0.00543. The van der Waals surface area contributed by atoms with Gasteiger partial charge in [-0.3, -0.25) is 4.79 Å². The lowest BCUT2D eigenvalue weighted by atomic mass is 9.78. The van der Waals surface area contributed by atoms with E-state index in [1.165, 1.54) is 22.5 Å². The second-order valence-corrected chi connectivity index (χ2v) is 12.3. The number of hydrogen-bond donors (Lipinski definition) is 0. The van der Waals surface area contributed by atoms with E-state index < -0.39 is 15.4 Å². The van der Waals surface area contributed by atoms with Gasteiger partial charge in [-0.15, -0.1) is 0 Å². The summed E-state index contributed by atoms with van der Waals surface area (Å²) < 4.78 is 34.7. The van der Waals surface area contributed by atoms with Crippen molar-refractivity contribution in [3.8, 4) is 5.75 Å². The maximum atomic E-state index is 13.6. The van der Waals surface area contributed by atoms with Crippen LogP contribution in [0.4, 0.5) is 0 Å². The molecular formula is C28H30Cl2N2O4S. The first-order chi connectivity index (χ1) is 17.7. The van der Waals surface area contributed by atoms with Crippen LogP contribution in [0.2, 0.25) is 10.0 Å². The van der Waals surface area contributed by atoms with E-state index in [2.05, 4.69) is 0 Å². The Kier molecular flexibility index (Phi) is 8.80. The van der Waals surface area contributed by atoms with Gasteiger partial charge in [-0.25, -0.2) is 8.42 Å².